The molecule has 9 fully saturated rings. The summed E-state index contributed by atoms with van der Waals surface area (Å²) in [7, 11) is 2.00. The van der Waals surface area contributed by atoms with Gasteiger partial charge in [-0.3, -0.25) is 0 Å². The first-order chi connectivity index (χ1) is 19.9. The quantitative estimate of drug-likeness (QED) is 0.393. The van der Waals surface area contributed by atoms with Crippen molar-refractivity contribution < 1.29 is 18.6 Å². The molecule has 1 aromatic carbocycles. The van der Waals surface area contributed by atoms with Crippen molar-refractivity contribution in [2.45, 2.75) is 56.2 Å². The Hall–Kier alpha value is -1.08. The molecule has 0 aliphatic heterocycles. The molecule has 0 aromatic heterocycles. The molecular weight excluding hydrogens is 518 g/mol. The SMILES string of the molecule is CNCCc1ccc(CC2C3C4CCC4C3C(OCC(F)(F)CN)C3C2C2C3C3C2C2C4C5CCC5C4C32O)cc1. The number of hydrogen-bond donors (Lipinski definition) is 3. The summed E-state index contributed by atoms with van der Waals surface area (Å²) in [6.45, 7) is -0.194. The van der Waals surface area contributed by atoms with Crippen LogP contribution in [0.25, 0.3) is 0 Å². The number of rotatable bonds is 9. The van der Waals surface area contributed by atoms with Crippen molar-refractivity contribution in [1.82, 2.24) is 5.32 Å². The highest BCUT2D eigenvalue weighted by molar-refractivity contribution is 5.41. The summed E-state index contributed by atoms with van der Waals surface area (Å²) in [4.78, 5) is 0. The smallest absolute Gasteiger partial charge is 0.282 e. The summed E-state index contributed by atoms with van der Waals surface area (Å²) < 4.78 is 35.3. The molecule has 0 heterocycles. The topological polar surface area (TPSA) is 67.5 Å². The van der Waals surface area contributed by atoms with Crippen molar-refractivity contribution in [3.8, 4) is 0 Å². The van der Waals surface area contributed by atoms with E-state index >= 15 is 0 Å². The Morgan fingerprint density at radius 3 is 2.17 bits per heavy atom. The summed E-state index contributed by atoms with van der Waals surface area (Å²) in [5.41, 5.74) is 7.85. The number of nitrogens with two attached hydrogens (primary N) is 1. The van der Waals surface area contributed by atoms with Gasteiger partial charge in [-0.15, -0.1) is 0 Å². The van der Waals surface area contributed by atoms with Crippen molar-refractivity contribution in [3.05, 3.63) is 35.4 Å². The molecule has 4 nitrogen and oxygen atoms in total. The molecule has 41 heavy (non-hydrogen) atoms. The van der Waals surface area contributed by atoms with E-state index in [4.69, 9.17) is 10.5 Å². The molecule has 0 radical (unpaired) electrons. The van der Waals surface area contributed by atoms with E-state index in [1.54, 1.807) is 0 Å². The van der Waals surface area contributed by atoms with Gasteiger partial charge in [-0.2, -0.15) is 0 Å². The fourth-order valence-electron chi connectivity index (χ4n) is 14.3. The van der Waals surface area contributed by atoms with Crippen LogP contribution in [0.1, 0.15) is 36.8 Å². The standard InChI is InChI=1S/C35H46F2N2O2/c1-39-11-10-15-2-4-16(5-3-15)12-21-22-17-6-7-18(17)24(22)33(41-14-34(36,37)13-38)28-23(21)26-27(28)32-29(26)31-25-19-8-9-20(19)30(25)35(31,32)40/h2-5,17-33,39-40H,6-14,38H2,1H3. The van der Waals surface area contributed by atoms with Crippen molar-refractivity contribution in [2.24, 2.45) is 100 Å². The molecule has 0 saturated heterocycles. The van der Waals surface area contributed by atoms with Gasteiger partial charge in [0.05, 0.1) is 18.2 Å². The second-order valence-corrected chi connectivity index (χ2v) is 16.3. The maximum Gasteiger partial charge on any atom is 0.282 e. The predicted molar refractivity (Wildman–Crippen MR) is 151 cm³/mol. The molecular formula is C35H46F2N2O2. The van der Waals surface area contributed by atoms with Crippen LogP contribution in [0, 0.1) is 94.7 Å². The van der Waals surface area contributed by atoms with Crippen molar-refractivity contribution in [3.63, 3.8) is 0 Å². The first-order valence-electron chi connectivity index (χ1n) is 17.0. The van der Waals surface area contributed by atoms with Gasteiger partial charge in [0.15, 0.2) is 0 Å². The van der Waals surface area contributed by atoms with Gasteiger partial charge >= 0.3 is 0 Å². The van der Waals surface area contributed by atoms with E-state index in [0.29, 0.717) is 71.0 Å². The van der Waals surface area contributed by atoms with E-state index in [9.17, 15) is 13.9 Å². The average Bonchev–Trinajstić information content (AvgIpc) is 2.92. The van der Waals surface area contributed by atoms with Crippen molar-refractivity contribution >= 4 is 0 Å². The highest BCUT2D eigenvalue weighted by Gasteiger charge is 2.93. The maximum atomic E-state index is 14.5. The van der Waals surface area contributed by atoms with Gasteiger partial charge in [0.25, 0.3) is 5.92 Å². The molecule has 0 spiro atoms. The second kappa shape index (κ2) is 8.14. The number of alkyl halides is 2. The van der Waals surface area contributed by atoms with Gasteiger partial charge < -0.3 is 20.9 Å². The summed E-state index contributed by atoms with van der Waals surface area (Å²) >= 11 is 0. The summed E-state index contributed by atoms with van der Waals surface area (Å²) in [5, 5.41) is 15.4. The van der Waals surface area contributed by atoms with Crippen LogP contribution in [0.5, 0.6) is 0 Å². The number of nitrogens with one attached hydrogen (secondary N) is 1. The molecule has 18 atom stereocenters. The number of halogens is 2. The lowest BCUT2D eigenvalue weighted by Crippen LogP contribution is -2.96. The van der Waals surface area contributed by atoms with Crippen LogP contribution in [0.4, 0.5) is 8.78 Å². The van der Waals surface area contributed by atoms with E-state index in [1.807, 2.05) is 7.05 Å². The van der Waals surface area contributed by atoms with Gasteiger partial charge in [0.2, 0.25) is 0 Å². The Balaban J connectivity index is 0.974. The minimum atomic E-state index is -2.96. The fourth-order valence-corrected chi connectivity index (χ4v) is 14.3. The lowest BCUT2D eigenvalue weighted by molar-refractivity contribution is -0.507. The third kappa shape index (κ3) is 2.79. The molecule has 6 heteroatoms. The van der Waals surface area contributed by atoms with Crippen LogP contribution in [0.2, 0.25) is 0 Å². The largest absolute Gasteiger partial charge is 0.389 e. The zero-order valence-corrected chi connectivity index (χ0v) is 24.2. The number of ether oxygens (including phenoxy) is 1. The Morgan fingerprint density at radius 1 is 0.829 bits per heavy atom. The Kier molecular flexibility index (Phi) is 5.02. The van der Waals surface area contributed by atoms with Crippen LogP contribution < -0.4 is 11.1 Å². The Bertz CT molecular complexity index is 1260. The number of likely N-dealkylation sites (N-methyl/N-ethyl adjacent to an activating group) is 1. The van der Waals surface area contributed by atoms with Crippen LogP contribution >= 0.6 is 0 Å². The Labute approximate surface area is 242 Å². The molecule has 1 aromatic rings. The average molecular weight is 565 g/mol. The first-order valence-corrected chi connectivity index (χ1v) is 17.0. The van der Waals surface area contributed by atoms with Crippen LogP contribution in [0.15, 0.2) is 24.3 Å². The minimum Gasteiger partial charge on any atom is -0.389 e. The lowest BCUT2D eigenvalue weighted by Gasteiger charge is -2.94. The lowest BCUT2D eigenvalue weighted by atomic mass is 9.11. The van der Waals surface area contributed by atoms with Crippen LogP contribution in [-0.2, 0) is 17.6 Å². The van der Waals surface area contributed by atoms with E-state index in [0.717, 1.165) is 43.1 Å². The van der Waals surface area contributed by atoms with Crippen molar-refractivity contribution in [2.75, 3.05) is 26.7 Å². The summed E-state index contributed by atoms with van der Waals surface area (Å²) in [5.74, 6) is 6.95. The molecule has 10 rings (SSSR count). The van der Waals surface area contributed by atoms with E-state index < -0.39 is 24.7 Å². The van der Waals surface area contributed by atoms with Gasteiger partial charge in [-0.1, -0.05) is 24.3 Å². The number of hydrogen-bond acceptors (Lipinski definition) is 4. The zero-order chi connectivity index (χ0) is 27.6. The van der Waals surface area contributed by atoms with E-state index in [1.165, 1.54) is 36.8 Å². The summed E-state index contributed by atoms with van der Waals surface area (Å²) in [6, 6.07) is 9.35. The zero-order valence-electron chi connectivity index (χ0n) is 24.2. The molecule has 9 aliphatic rings. The molecule has 4 N–H and O–H groups in total. The van der Waals surface area contributed by atoms with Gasteiger partial charge in [-0.25, -0.2) is 8.78 Å². The number of aliphatic hydroxyl groups is 1. The molecule has 0 bridgehead atoms. The molecule has 18 unspecified atom stereocenters. The van der Waals surface area contributed by atoms with E-state index in [2.05, 4.69) is 29.6 Å². The maximum absolute atomic E-state index is 14.5. The highest BCUT2D eigenvalue weighted by Crippen LogP contribution is 2.92. The normalized spacial score (nSPS) is 57.0. The monoisotopic (exact) mass is 564 g/mol. The number of benzene rings is 1. The van der Waals surface area contributed by atoms with Gasteiger partial charge in [0, 0.05) is 0 Å². The van der Waals surface area contributed by atoms with Crippen molar-refractivity contribution in [1.29, 1.82) is 0 Å². The molecule has 0 amide bonds. The minimum absolute atomic E-state index is 0.0669. The van der Waals surface area contributed by atoms with E-state index in [-0.39, 0.29) is 6.10 Å². The number of fused-ring (bicyclic) bond motifs is 20. The van der Waals surface area contributed by atoms with Gasteiger partial charge in [0.1, 0.15) is 6.61 Å². The highest BCUT2D eigenvalue weighted by atomic mass is 19.3. The third-order valence-corrected chi connectivity index (χ3v) is 15.7. The Morgan fingerprint density at radius 2 is 1.49 bits per heavy atom. The molecule has 222 valence electrons. The molecule has 9 aliphatic carbocycles. The first kappa shape index (κ1) is 25.3. The molecule has 9 saturated carbocycles. The van der Waals surface area contributed by atoms with Crippen LogP contribution in [-0.4, -0.2) is 49.5 Å². The fraction of sp³-hybridized carbons (Fsp3) is 0.829. The second-order valence-electron chi connectivity index (χ2n) is 16.3. The van der Waals surface area contributed by atoms with Gasteiger partial charge in [-0.05, 0) is 158 Å². The third-order valence-electron chi connectivity index (χ3n) is 15.7. The summed E-state index contributed by atoms with van der Waals surface area (Å²) in [6.07, 6.45) is 7.36. The predicted octanol–water partition coefficient (Wildman–Crippen LogP) is 4.24. The van der Waals surface area contributed by atoms with Crippen LogP contribution in [0.3, 0.4) is 0 Å².